The molecule has 1 N–H and O–H groups in total. The first kappa shape index (κ1) is 8.90. The van der Waals surface area contributed by atoms with Crippen LogP contribution in [0.5, 0.6) is 0 Å². The Morgan fingerprint density at radius 1 is 1.64 bits per heavy atom. The number of hydrogen-bond donors (Lipinski definition) is 1. The van der Waals surface area contributed by atoms with Gasteiger partial charge in [0.25, 0.3) is 0 Å². The second-order valence-electron chi connectivity index (χ2n) is 1.94. The van der Waals surface area contributed by atoms with Crippen molar-refractivity contribution in [2.45, 2.75) is 6.10 Å². The molecule has 1 heterocycles. The fourth-order valence-electron chi connectivity index (χ4n) is 0.596. The van der Waals surface area contributed by atoms with Crippen LogP contribution in [0.15, 0.2) is 12.4 Å². The van der Waals surface area contributed by atoms with E-state index in [1.165, 1.54) is 12.4 Å². The lowest BCUT2D eigenvalue weighted by atomic mass is 10.3. The van der Waals surface area contributed by atoms with E-state index < -0.39 is 6.10 Å². The molecule has 0 amide bonds. The quantitative estimate of drug-likeness (QED) is 0.794. The molecule has 0 aliphatic carbocycles. The predicted octanol–water partition coefficient (Wildman–Crippen LogP) is 1.56. The van der Waals surface area contributed by atoms with Gasteiger partial charge in [-0.1, -0.05) is 27.5 Å². The molecule has 0 bridgehead atoms. The molecule has 1 rings (SSSR count). The van der Waals surface area contributed by atoms with Crippen molar-refractivity contribution in [1.29, 1.82) is 0 Å². The minimum absolute atomic E-state index is 0.294. The third-order valence-corrected chi connectivity index (χ3v) is 1.91. The Morgan fingerprint density at radius 2 is 2.36 bits per heavy atom. The summed E-state index contributed by atoms with van der Waals surface area (Å²) in [6, 6.07) is 0. The summed E-state index contributed by atoms with van der Waals surface area (Å²) in [7, 11) is 0. The molecule has 1 aromatic rings. The van der Waals surface area contributed by atoms with Gasteiger partial charge in [0.05, 0.1) is 18.1 Å². The van der Waals surface area contributed by atoms with Crippen LogP contribution >= 0.6 is 27.5 Å². The van der Waals surface area contributed by atoms with Gasteiger partial charge >= 0.3 is 0 Å². The normalized spacial score (nSPS) is 13.0. The molecular formula is C6H6BrClN2O. The van der Waals surface area contributed by atoms with E-state index in [9.17, 15) is 5.11 Å². The van der Waals surface area contributed by atoms with Gasteiger partial charge in [-0.3, -0.25) is 4.98 Å². The number of halogens is 2. The molecule has 5 heteroatoms. The Hall–Kier alpha value is -0.190. The van der Waals surface area contributed by atoms with E-state index in [-0.39, 0.29) is 0 Å². The van der Waals surface area contributed by atoms with Gasteiger partial charge in [-0.25, -0.2) is 4.98 Å². The Bertz CT molecular complexity index is 246. The summed E-state index contributed by atoms with van der Waals surface area (Å²) < 4.78 is 0. The fraction of sp³-hybridized carbons (Fsp3) is 0.333. The molecule has 0 fully saturated rings. The SMILES string of the molecule is OC(CBr)c1cncc(Cl)n1. The molecule has 0 aliphatic rings. The van der Waals surface area contributed by atoms with E-state index in [1.807, 2.05) is 0 Å². The lowest BCUT2D eigenvalue weighted by molar-refractivity contribution is 0.200. The summed E-state index contributed by atoms with van der Waals surface area (Å²) >= 11 is 8.66. The monoisotopic (exact) mass is 236 g/mol. The molecule has 11 heavy (non-hydrogen) atoms. The zero-order chi connectivity index (χ0) is 8.27. The predicted molar refractivity (Wildman–Crippen MR) is 45.8 cm³/mol. The van der Waals surface area contributed by atoms with Crippen molar-refractivity contribution in [3.8, 4) is 0 Å². The van der Waals surface area contributed by atoms with Crippen LogP contribution in [0, 0.1) is 0 Å². The van der Waals surface area contributed by atoms with Gasteiger partial charge in [-0.15, -0.1) is 0 Å². The van der Waals surface area contributed by atoms with Gasteiger partial charge in [-0.2, -0.15) is 0 Å². The van der Waals surface area contributed by atoms with Crippen molar-refractivity contribution in [1.82, 2.24) is 9.97 Å². The van der Waals surface area contributed by atoms with Crippen LogP contribution in [0.3, 0.4) is 0 Å². The molecule has 0 saturated heterocycles. The van der Waals surface area contributed by atoms with Crippen molar-refractivity contribution in [3.63, 3.8) is 0 Å². The van der Waals surface area contributed by atoms with Crippen LogP contribution in [0.4, 0.5) is 0 Å². The average molecular weight is 237 g/mol. The number of hydrogen-bond acceptors (Lipinski definition) is 3. The minimum Gasteiger partial charge on any atom is -0.386 e. The first-order valence-electron chi connectivity index (χ1n) is 2.95. The molecule has 1 atom stereocenters. The number of rotatable bonds is 2. The first-order valence-corrected chi connectivity index (χ1v) is 4.45. The number of alkyl halides is 1. The third-order valence-electron chi connectivity index (χ3n) is 1.11. The van der Waals surface area contributed by atoms with Crippen LogP contribution < -0.4 is 0 Å². The van der Waals surface area contributed by atoms with E-state index in [0.29, 0.717) is 16.2 Å². The Balaban J connectivity index is 2.86. The molecule has 0 radical (unpaired) electrons. The van der Waals surface area contributed by atoms with Crippen molar-refractivity contribution in [3.05, 3.63) is 23.2 Å². The van der Waals surface area contributed by atoms with Crippen LogP contribution in [0.1, 0.15) is 11.8 Å². The maximum absolute atomic E-state index is 9.25. The van der Waals surface area contributed by atoms with Gasteiger partial charge < -0.3 is 5.11 Å². The number of aliphatic hydroxyl groups is 1. The number of aliphatic hydroxyl groups excluding tert-OH is 1. The number of nitrogens with zero attached hydrogens (tertiary/aromatic N) is 2. The van der Waals surface area contributed by atoms with Crippen LogP contribution in [-0.2, 0) is 0 Å². The molecular weight excluding hydrogens is 231 g/mol. The highest BCUT2D eigenvalue weighted by molar-refractivity contribution is 9.09. The van der Waals surface area contributed by atoms with Crippen LogP contribution in [0.25, 0.3) is 0 Å². The molecule has 3 nitrogen and oxygen atoms in total. The summed E-state index contributed by atoms with van der Waals surface area (Å²) in [5, 5.41) is 9.97. The van der Waals surface area contributed by atoms with E-state index in [4.69, 9.17) is 11.6 Å². The zero-order valence-corrected chi connectivity index (χ0v) is 7.88. The Kier molecular flexibility index (Phi) is 3.23. The lowest BCUT2D eigenvalue weighted by Gasteiger charge is -2.04. The zero-order valence-electron chi connectivity index (χ0n) is 5.54. The summed E-state index contributed by atoms with van der Waals surface area (Å²) in [6.07, 6.45) is 2.27. The highest BCUT2D eigenvalue weighted by atomic mass is 79.9. The minimum atomic E-state index is -0.638. The van der Waals surface area contributed by atoms with Crippen LogP contribution in [0.2, 0.25) is 5.15 Å². The molecule has 0 spiro atoms. The van der Waals surface area contributed by atoms with Gasteiger partial charge in [0.15, 0.2) is 0 Å². The van der Waals surface area contributed by atoms with Gasteiger partial charge in [0.2, 0.25) is 0 Å². The molecule has 0 saturated carbocycles. The maximum atomic E-state index is 9.25. The maximum Gasteiger partial charge on any atom is 0.147 e. The second-order valence-corrected chi connectivity index (χ2v) is 2.97. The number of aromatic nitrogens is 2. The van der Waals surface area contributed by atoms with Crippen molar-refractivity contribution in [2.75, 3.05) is 5.33 Å². The van der Waals surface area contributed by atoms with Crippen molar-refractivity contribution >= 4 is 27.5 Å². The topological polar surface area (TPSA) is 46.0 Å². The van der Waals surface area contributed by atoms with Gasteiger partial charge in [-0.05, 0) is 0 Å². The molecule has 0 aromatic carbocycles. The highest BCUT2D eigenvalue weighted by Gasteiger charge is 2.06. The van der Waals surface area contributed by atoms with Gasteiger partial charge in [0, 0.05) is 5.33 Å². The largest absolute Gasteiger partial charge is 0.386 e. The first-order chi connectivity index (χ1) is 5.24. The standard InChI is InChI=1S/C6H6BrClN2O/c7-1-5(11)4-2-9-3-6(8)10-4/h2-3,5,11H,1H2. The second kappa shape index (κ2) is 3.99. The summed E-state index contributed by atoms with van der Waals surface area (Å²) in [6.45, 7) is 0. The summed E-state index contributed by atoms with van der Waals surface area (Å²) in [5.41, 5.74) is 0.481. The fourth-order valence-corrected chi connectivity index (χ4v) is 1.08. The van der Waals surface area contributed by atoms with Gasteiger partial charge in [0.1, 0.15) is 11.3 Å². The third kappa shape index (κ3) is 2.39. The van der Waals surface area contributed by atoms with Crippen molar-refractivity contribution < 1.29 is 5.11 Å². The highest BCUT2D eigenvalue weighted by Crippen LogP contribution is 2.12. The van der Waals surface area contributed by atoms with E-state index in [1.54, 1.807) is 0 Å². The Morgan fingerprint density at radius 3 is 2.91 bits per heavy atom. The lowest BCUT2D eigenvalue weighted by Crippen LogP contribution is -2.01. The Labute approximate surface area is 77.6 Å². The van der Waals surface area contributed by atoms with E-state index >= 15 is 0 Å². The molecule has 1 unspecified atom stereocenters. The van der Waals surface area contributed by atoms with Crippen molar-refractivity contribution in [2.24, 2.45) is 0 Å². The molecule has 1 aromatic heterocycles. The van der Waals surface area contributed by atoms with E-state index in [0.717, 1.165) is 0 Å². The summed E-state index contributed by atoms with van der Waals surface area (Å²) in [5.74, 6) is 0. The summed E-state index contributed by atoms with van der Waals surface area (Å²) in [4.78, 5) is 7.64. The smallest absolute Gasteiger partial charge is 0.147 e. The molecule has 60 valence electrons. The average Bonchev–Trinajstić information content (AvgIpc) is 2.03. The van der Waals surface area contributed by atoms with E-state index in [2.05, 4.69) is 25.9 Å². The molecule has 0 aliphatic heterocycles. The van der Waals surface area contributed by atoms with Crippen LogP contribution in [-0.4, -0.2) is 20.4 Å².